The van der Waals surface area contributed by atoms with Gasteiger partial charge >= 0.3 is 0 Å². The van der Waals surface area contributed by atoms with E-state index in [-0.39, 0.29) is 0 Å². The summed E-state index contributed by atoms with van der Waals surface area (Å²) in [5, 5.41) is 0.600. The van der Waals surface area contributed by atoms with Gasteiger partial charge in [-0.05, 0) is 50.9 Å². The molecule has 3 heteroatoms. The Morgan fingerprint density at radius 2 is 2.33 bits per heavy atom. The van der Waals surface area contributed by atoms with E-state index in [2.05, 4.69) is 29.8 Å². The van der Waals surface area contributed by atoms with Crippen molar-refractivity contribution in [3.63, 3.8) is 0 Å². The van der Waals surface area contributed by atoms with E-state index < -0.39 is 0 Å². The predicted octanol–water partition coefficient (Wildman–Crippen LogP) is 3.28. The second-order valence-electron chi connectivity index (χ2n) is 4.40. The molecule has 0 bridgehead atoms. The lowest BCUT2D eigenvalue weighted by atomic mass is 10.1. The molecule has 2 heterocycles. The van der Waals surface area contributed by atoms with E-state index in [0.29, 0.717) is 17.2 Å². The highest BCUT2D eigenvalue weighted by Crippen LogP contribution is 2.33. The molecule has 1 aliphatic rings. The standard InChI is InChI=1S/C12H17ClN2/c1-9(2)15-7-3-4-11(15)10-5-6-14-12(13)8-10/h5-6,8-9,11H,3-4,7H2,1-2H3. The van der Waals surface area contributed by atoms with E-state index in [1.165, 1.54) is 24.9 Å². The van der Waals surface area contributed by atoms with Crippen LogP contribution in [-0.4, -0.2) is 22.5 Å². The highest BCUT2D eigenvalue weighted by atomic mass is 35.5. The zero-order valence-corrected chi connectivity index (χ0v) is 10.0. The highest BCUT2D eigenvalue weighted by Gasteiger charge is 2.27. The van der Waals surface area contributed by atoms with E-state index in [1.54, 1.807) is 6.20 Å². The van der Waals surface area contributed by atoms with Crippen LogP contribution in [0, 0.1) is 0 Å². The predicted molar refractivity (Wildman–Crippen MR) is 63.1 cm³/mol. The fourth-order valence-electron chi connectivity index (χ4n) is 2.39. The maximum Gasteiger partial charge on any atom is 0.129 e. The van der Waals surface area contributed by atoms with Crippen LogP contribution in [0.15, 0.2) is 18.3 Å². The molecule has 0 N–H and O–H groups in total. The number of hydrogen-bond donors (Lipinski definition) is 0. The van der Waals surface area contributed by atoms with Crippen molar-refractivity contribution in [2.45, 2.75) is 38.8 Å². The molecule has 0 amide bonds. The Labute approximate surface area is 96.3 Å². The molecule has 1 aliphatic heterocycles. The Hall–Kier alpha value is -0.600. The van der Waals surface area contributed by atoms with Crippen molar-refractivity contribution < 1.29 is 0 Å². The van der Waals surface area contributed by atoms with Gasteiger partial charge in [0.1, 0.15) is 5.15 Å². The zero-order chi connectivity index (χ0) is 10.8. The van der Waals surface area contributed by atoms with E-state index in [0.717, 1.165) is 0 Å². The first-order valence-electron chi connectivity index (χ1n) is 5.55. The number of halogens is 1. The van der Waals surface area contributed by atoms with Crippen molar-refractivity contribution in [3.8, 4) is 0 Å². The second-order valence-corrected chi connectivity index (χ2v) is 4.79. The van der Waals surface area contributed by atoms with Gasteiger partial charge in [-0.1, -0.05) is 11.6 Å². The summed E-state index contributed by atoms with van der Waals surface area (Å²) >= 11 is 5.92. The van der Waals surface area contributed by atoms with Crippen molar-refractivity contribution >= 4 is 11.6 Å². The molecule has 1 saturated heterocycles. The summed E-state index contributed by atoms with van der Waals surface area (Å²) in [7, 11) is 0. The topological polar surface area (TPSA) is 16.1 Å². The number of hydrogen-bond acceptors (Lipinski definition) is 2. The molecule has 1 unspecified atom stereocenters. The summed E-state index contributed by atoms with van der Waals surface area (Å²) in [6, 6.07) is 5.21. The van der Waals surface area contributed by atoms with E-state index in [4.69, 9.17) is 11.6 Å². The lowest BCUT2D eigenvalue weighted by molar-refractivity contribution is 0.205. The second kappa shape index (κ2) is 4.50. The molecule has 0 radical (unpaired) electrons. The third-order valence-corrected chi connectivity index (χ3v) is 3.30. The molecule has 1 atom stereocenters. The fraction of sp³-hybridized carbons (Fsp3) is 0.583. The molecule has 0 aromatic carbocycles. The number of rotatable bonds is 2. The van der Waals surface area contributed by atoms with E-state index in [9.17, 15) is 0 Å². The van der Waals surface area contributed by atoms with Crippen molar-refractivity contribution in [2.24, 2.45) is 0 Å². The minimum absolute atomic E-state index is 0.533. The Morgan fingerprint density at radius 1 is 1.53 bits per heavy atom. The molecule has 0 spiro atoms. The maximum absolute atomic E-state index is 5.92. The molecular weight excluding hydrogens is 208 g/mol. The number of likely N-dealkylation sites (tertiary alicyclic amines) is 1. The van der Waals surface area contributed by atoms with Crippen LogP contribution < -0.4 is 0 Å². The summed E-state index contributed by atoms with van der Waals surface area (Å²) in [6.45, 7) is 5.70. The number of pyridine rings is 1. The van der Waals surface area contributed by atoms with Crippen LogP contribution in [0.5, 0.6) is 0 Å². The van der Waals surface area contributed by atoms with Crippen LogP contribution in [0.3, 0.4) is 0 Å². The molecule has 2 rings (SSSR count). The van der Waals surface area contributed by atoms with Gasteiger partial charge in [0.15, 0.2) is 0 Å². The van der Waals surface area contributed by atoms with Gasteiger partial charge in [-0.15, -0.1) is 0 Å². The first kappa shape index (κ1) is 10.9. The van der Waals surface area contributed by atoms with Crippen molar-refractivity contribution in [2.75, 3.05) is 6.54 Å². The summed E-state index contributed by atoms with van der Waals surface area (Å²) < 4.78 is 0. The lowest BCUT2D eigenvalue weighted by Gasteiger charge is -2.28. The summed E-state index contributed by atoms with van der Waals surface area (Å²) in [4.78, 5) is 6.56. The van der Waals surface area contributed by atoms with Crippen molar-refractivity contribution in [1.29, 1.82) is 0 Å². The molecule has 82 valence electrons. The Balaban J connectivity index is 2.22. The molecule has 0 aliphatic carbocycles. The summed E-state index contributed by atoms with van der Waals surface area (Å²) in [5.74, 6) is 0. The minimum Gasteiger partial charge on any atom is -0.294 e. The van der Waals surface area contributed by atoms with Gasteiger partial charge in [-0.25, -0.2) is 4.98 Å². The van der Waals surface area contributed by atoms with Gasteiger partial charge in [0.25, 0.3) is 0 Å². The van der Waals surface area contributed by atoms with Crippen LogP contribution in [-0.2, 0) is 0 Å². The quantitative estimate of drug-likeness (QED) is 0.717. The van der Waals surface area contributed by atoms with Crippen LogP contribution in [0.4, 0.5) is 0 Å². The highest BCUT2D eigenvalue weighted by molar-refractivity contribution is 6.29. The van der Waals surface area contributed by atoms with E-state index in [1.807, 2.05) is 6.07 Å². The van der Waals surface area contributed by atoms with E-state index >= 15 is 0 Å². The SMILES string of the molecule is CC(C)N1CCCC1c1ccnc(Cl)c1. The normalized spacial score (nSPS) is 22.5. The monoisotopic (exact) mass is 224 g/mol. The van der Waals surface area contributed by atoms with Crippen LogP contribution in [0.25, 0.3) is 0 Å². The largest absolute Gasteiger partial charge is 0.294 e. The third kappa shape index (κ3) is 2.32. The smallest absolute Gasteiger partial charge is 0.129 e. The van der Waals surface area contributed by atoms with Gasteiger partial charge in [-0.3, -0.25) is 4.90 Å². The molecule has 1 aromatic heterocycles. The molecule has 2 nitrogen and oxygen atoms in total. The van der Waals surface area contributed by atoms with Gasteiger partial charge in [0.05, 0.1) is 0 Å². The van der Waals surface area contributed by atoms with Gasteiger partial charge in [0.2, 0.25) is 0 Å². The Kier molecular flexibility index (Phi) is 3.27. The van der Waals surface area contributed by atoms with Crippen LogP contribution in [0.2, 0.25) is 5.15 Å². The Morgan fingerprint density at radius 3 is 3.00 bits per heavy atom. The summed E-state index contributed by atoms with van der Waals surface area (Å²) in [5.41, 5.74) is 1.31. The van der Waals surface area contributed by atoms with Crippen molar-refractivity contribution in [3.05, 3.63) is 29.0 Å². The van der Waals surface area contributed by atoms with Gasteiger partial charge in [-0.2, -0.15) is 0 Å². The molecule has 1 aromatic rings. The lowest BCUT2D eigenvalue weighted by Crippen LogP contribution is -2.30. The first-order valence-corrected chi connectivity index (χ1v) is 5.93. The fourth-order valence-corrected chi connectivity index (χ4v) is 2.57. The maximum atomic E-state index is 5.92. The van der Waals surface area contributed by atoms with Gasteiger partial charge < -0.3 is 0 Å². The average molecular weight is 225 g/mol. The van der Waals surface area contributed by atoms with Crippen molar-refractivity contribution in [1.82, 2.24) is 9.88 Å². The molecule has 1 fully saturated rings. The Bertz CT molecular complexity index is 338. The molecular formula is C12H17ClN2. The van der Waals surface area contributed by atoms with Crippen LogP contribution in [0.1, 0.15) is 38.3 Å². The average Bonchev–Trinajstić information content (AvgIpc) is 2.65. The summed E-state index contributed by atoms with van der Waals surface area (Å²) in [6.07, 6.45) is 4.32. The minimum atomic E-state index is 0.533. The zero-order valence-electron chi connectivity index (χ0n) is 9.28. The molecule has 0 saturated carbocycles. The first-order chi connectivity index (χ1) is 7.18. The molecule has 15 heavy (non-hydrogen) atoms. The van der Waals surface area contributed by atoms with Crippen LogP contribution >= 0.6 is 11.6 Å². The third-order valence-electron chi connectivity index (χ3n) is 3.09. The number of aromatic nitrogens is 1. The van der Waals surface area contributed by atoms with Gasteiger partial charge in [0, 0.05) is 18.3 Å². The number of nitrogens with zero attached hydrogens (tertiary/aromatic N) is 2.